The van der Waals surface area contributed by atoms with Crippen LogP contribution in [-0.2, 0) is 0 Å². The minimum atomic E-state index is -1.11. The number of hydrogen-bond donors (Lipinski definition) is 0. The fourth-order valence-electron chi connectivity index (χ4n) is 0.924. The Labute approximate surface area is 84.9 Å². The topological polar surface area (TPSA) is 61.7 Å². The zero-order chi connectivity index (χ0) is 11.1. The van der Waals surface area contributed by atoms with Crippen molar-refractivity contribution in [2.24, 2.45) is 5.11 Å². The Balaban J connectivity index is 2.56. The van der Waals surface area contributed by atoms with Gasteiger partial charge in [0.2, 0.25) is 5.95 Å². The Bertz CT molecular complexity index is 411. The van der Waals surface area contributed by atoms with Crippen LogP contribution in [0.3, 0.4) is 0 Å². The molecule has 1 aromatic heterocycles. The van der Waals surface area contributed by atoms with E-state index in [0.29, 0.717) is 18.5 Å². The molecule has 0 radical (unpaired) electrons. The van der Waals surface area contributed by atoms with Gasteiger partial charge in [-0.15, -0.1) is 0 Å². The van der Waals surface area contributed by atoms with Crippen molar-refractivity contribution in [2.75, 3.05) is 6.54 Å². The molecule has 0 spiro atoms. The van der Waals surface area contributed by atoms with Crippen molar-refractivity contribution in [3.05, 3.63) is 46.1 Å². The minimum Gasteiger partial charge on any atom is -0.225 e. The highest BCUT2D eigenvalue weighted by atomic mass is 19.2. The maximum absolute atomic E-state index is 12.7. The molecule has 0 atom stereocenters. The van der Waals surface area contributed by atoms with Gasteiger partial charge >= 0.3 is 0 Å². The number of nitrogens with zero attached hydrogens (tertiary/aromatic N) is 4. The molecule has 0 aromatic carbocycles. The lowest BCUT2D eigenvalue weighted by Crippen LogP contribution is -1.89. The highest BCUT2D eigenvalue weighted by molar-refractivity contribution is 5.47. The molecule has 0 bridgehead atoms. The molecule has 6 heteroatoms. The van der Waals surface area contributed by atoms with Crippen LogP contribution in [0.25, 0.3) is 16.5 Å². The van der Waals surface area contributed by atoms with Crippen molar-refractivity contribution in [1.29, 1.82) is 0 Å². The van der Waals surface area contributed by atoms with E-state index in [1.807, 2.05) is 0 Å². The Hall–Kier alpha value is -1.94. The van der Waals surface area contributed by atoms with Crippen LogP contribution in [0.5, 0.6) is 0 Å². The standard InChI is InChI=1S/C9H8F2N4/c10-8-5-7(6-13-9(8)11)3-1-2-4-14-15-12/h1,3,5-6H,2,4H2. The Morgan fingerprint density at radius 3 is 3.00 bits per heavy atom. The van der Waals surface area contributed by atoms with E-state index in [9.17, 15) is 8.78 Å². The van der Waals surface area contributed by atoms with Gasteiger partial charge in [-0.2, -0.15) is 4.39 Å². The van der Waals surface area contributed by atoms with Crippen molar-refractivity contribution < 1.29 is 8.78 Å². The second-order valence-electron chi connectivity index (χ2n) is 2.69. The highest BCUT2D eigenvalue weighted by Gasteiger charge is 2.01. The molecular formula is C9H8F2N4. The molecule has 1 aromatic rings. The number of azide groups is 1. The van der Waals surface area contributed by atoms with Gasteiger partial charge in [-0.3, -0.25) is 0 Å². The monoisotopic (exact) mass is 210 g/mol. The number of rotatable bonds is 4. The van der Waals surface area contributed by atoms with Gasteiger partial charge in [-0.25, -0.2) is 9.37 Å². The molecule has 0 unspecified atom stereocenters. The normalized spacial score (nSPS) is 10.3. The first-order valence-corrected chi connectivity index (χ1v) is 4.22. The summed E-state index contributed by atoms with van der Waals surface area (Å²) in [6, 6.07) is 1.05. The van der Waals surface area contributed by atoms with Gasteiger partial charge < -0.3 is 0 Å². The van der Waals surface area contributed by atoms with Gasteiger partial charge in [0.1, 0.15) is 0 Å². The number of halogens is 2. The van der Waals surface area contributed by atoms with E-state index in [1.165, 1.54) is 6.20 Å². The third-order valence-corrected chi connectivity index (χ3v) is 1.59. The van der Waals surface area contributed by atoms with E-state index in [0.717, 1.165) is 6.07 Å². The molecule has 0 amide bonds. The summed E-state index contributed by atoms with van der Waals surface area (Å²) in [6.45, 7) is 0.337. The van der Waals surface area contributed by atoms with E-state index in [2.05, 4.69) is 15.0 Å². The van der Waals surface area contributed by atoms with Gasteiger partial charge in [0.15, 0.2) is 5.82 Å². The van der Waals surface area contributed by atoms with Gasteiger partial charge in [-0.05, 0) is 23.6 Å². The molecule has 1 rings (SSSR count). The molecule has 1 heterocycles. The summed E-state index contributed by atoms with van der Waals surface area (Å²) in [6.07, 6.45) is 5.05. The molecule has 4 nitrogen and oxygen atoms in total. The molecule has 78 valence electrons. The molecule has 0 aliphatic heterocycles. The second kappa shape index (κ2) is 5.72. The Morgan fingerprint density at radius 1 is 1.53 bits per heavy atom. The average molecular weight is 210 g/mol. The summed E-state index contributed by atoms with van der Waals surface area (Å²) in [7, 11) is 0. The van der Waals surface area contributed by atoms with Crippen LogP contribution in [-0.4, -0.2) is 11.5 Å². The van der Waals surface area contributed by atoms with Crippen LogP contribution < -0.4 is 0 Å². The molecule has 0 saturated heterocycles. The first-order chi connectivity index (χ1) is 7.24. The Kier molecular flexibility index (Phi) is 4.25. The predicted molar refractivity (Wildman–Crippen MR) is 51.8 cm³/mol. The van der Waals surface area contributed by atoms with Crippen molar-refractivity contribution >= 4 is 6.08 Å². The third-order valence-electron chi connectivity index (χ3n) is 1.59. The van der Waals surface area contributed by atoms with E-state index in [4.69, 9.17) is 5.53 Å². The minimum absolute atomic E-state index is 0.337. The number of aromatic nitrogens is 1. The fraction of sp³-hybridized carbons (Fsp3) is 0.222. The summed E-state index contributed by atoms with van der Waals surface area (Å²) in [5, 5.41) is 3.31. The number of hydrogen-bond acceptors (Lipinski definition) is 2. The lowest BCUT2D eigenvalue weighted by molar-refractivity contribution is 0.479. The summed E-state index contributed by atoms with van der Waals surface area (Å²) < 4.78 is 25.1. The van der Waals surface area contributed by atoms with E-state index < -0.39 is 11.8 Å². The molecule has 0 N–H and O–H groups in total. The first-order valence-electron chi connectivity index (χ1n) is 4.22. The van der Waals surface area contributed by atoms with Crippen molar-refractivity contribution in [3.63, 3.8) is 0 Å². The van der Waals surface area contributed by atoms with Crippen molar-refractivity contribution in [2.45, 2.75) is 6.42 Å². The highest BCUT2D eigenvalue weighted by Crippen LogP contribution is 2.07. The van der Waals surface area contributed by atoms with E-state index in [-0.39, 0.29) is 0 Å². The van der Waals surface area contributed by atoms with Crippen molar-refractivity contribution in [1.82, 2.24) is 4.98 Å². The van der Waals surface area contributed by atoms with Crippen LogP contribution >= 0.6 is 0 Å². The van der Waals surface area contributed by atoms with Crippen LogP contribution in [0.1, 0.15) is 12.0 Å². The van der Waals surface area contributed by atoms with Gasteiger partial charge in [0.25, 0.3) is 0 Å². The maximum Gasteiger partial charge on any atom is 0.248 e. The Morgan fingerprint density at radius 2 is 2.33 bits per heavy atom. The zero-order valence-corrected chi connectivity index (χ0v) is 7.77. The largest absolute Gasteiger partial charge is 0.248 e. The molecule has 0 aliphatic rings. The summed E-state index contributed by atoms with van der Waals surface area (Å²) >= 11 is 0. The van der Waals surface area contributed by atoms with Gasteiger partial charge in [0.05, 0.1) is 0 Å². The molecule has 0 saturated carbocycles. The average Bonchev–Trinajstić information content (AvgIpc) is 2.23. The summed E-state index contributed by atoms with van der Waals surface area (Å²) in [4.78, 5) is 5.79. The molecular weight excluding hydrogens is 202 g/mol. The SMILES string of the molecule is [N-]=[N+]=NCCC=Cc1cnc(F)c(F)c1. The molecule has 0 aliphatic carbocycles. The van der Waals surface area contributed by atoms with E-state index >= 15 is 0 Å². The predicted octanol–water partition coefficient (Wildman–Crippen LogP) is 3.07. The lowest BCUT2D eigenvalue weighted by atomic mass is 10.2. The lowest BCUT2D eigenvalue weighted by Gasteiger charge is -1.94. The van der Waals surface area contributed by atoms with E-state index in [1.54, 1.807) is 12.2 Å². The second-order valence-corrected chi connectivity index (χ2v) is 2.69. The van der Waals surface area contributed by atoms with Gasteiger partial charge in [-0.1, -0.05) is 17.3 Å². The fourth-order valence-corrected chi connectivity index (χ4v) is 0.924. The van der Waals surface area contributed by atoms with Crippen LogP contribution in [0, 0.1) is 11.8 Å². The van der Waals surface area contributed by atoms with Gasteiger partial charge in [0, 0.05) is 17.7 Å². The van der Waals surface area contributed by atoms with Crippen LogP contribution in [0.4, 0.5) is 8.78 Å². The quantitative estimate of drug-likeness (QED) is 0.247. The molecule has 0 fully saturated rings. The smallest absolute Gasteiger partial charge is 0.225 e. The molecule has 15 heavy (non-hydrogen) atoms. The van der Waals surface area contributed by atoms with Crippen molar-refractivity contribution in [3.8, 4) is 0 Å². The zero-order valence-electron chi connectivity index (χ0n) is 7.77. The summed E-state index contributed by atoms with van der Waals surface area (Å²) in [5.74, 6) is -2.09. The number of pyridine rings is 1. The maximum atomic E-state index is 12.7. The third kappa shape index (κ3) is 3.74. The summed E-state index contributed by atoms with van der Waals surface area (Å²) in [5.41, 5.74) is 8.45. The van der Waals surface area contributed by atoms with Crippen LogP contribution in [0.15, 0.2) is 23.5 Å². The first kappa shape index (κ1) is 11.1. The van der Waals surface area contributed by atoms with Crippen LogP contribution in [0.2, 0.25) is 0 Å².